The number of amides is 1. The number of hydrogen-bond acceptors (Lipinski definition) is 6. The first-order valence-corrected chi connectivity index (χ1v) is 8.48. The first-order valence-electron chi connectivity index (χ1n) is 8.48. The average Bonchev–Trinajstić information content (AvgIpc) is 3.08. The predicted molar refractivity (Wildman–Crippen MR) is 90.7 cm³/mol. The van der Waals surface area contributed by atoms with Gasteiger partial charge in [0.2, 0.25) is 5.89 Å². The Morgan fingerprint density at radius 2 is 2.28 bits per heavy atom. The molecule has 2 aromatic rings. The van der Waals surface area contributed by atoms with E-state index in [1.54, 1.807) is 20.1 Å². The van der Waals surface area contributed by atoms with Gasteiger partial charge in [0.05, 0.1) is 6.61 Å². The van der Waals surface area contributed by atoms with Crippen LogP contribution in [0.4, 0.5) is 0 Å². The van der Waals surface area contributed by atoms with E-state index in [4.69, 9.17) is 14.0 Å². The summed E-state index contributed by atoms with van der Waals surface area (Å²) in [6.07, 6.45) is 1.89. The molecular weight excluding hydrogens is 322 g/mol. The Kier molecular flexibility index (Phi) is 5.65. The number of nitrogens with zero attached hydrogens (tertiary/aromatic N) is 3. The van der Waals surface area contributed by atoms with Gasteiger partial charge in [0.15, 0.2) is 5.82 Å². The van der Waals surface area contributed by atoms with Gasteiger partial charge in [0.1, 0.15) is 12.4 Å². The summed E-state index contributed by atoms with van der Waals surface area (Å²) in [6.45, 7) is 4.08. The van der Waals surface area contributed by atoms with Crippen LogP contribution in [-0.2, 0) is 4.74 Å². The number of carbonyl (C=O) groups excluding carboxylic acids is 1. The molecule has 25 heavy (non-hydrogen) atoms. The number of aryl methyl sites for hydroxylation is 1. The quantitative estimate of drug-likeness (QED) is 0.748. The van der Waals surface area contributed by atoms with Gasteiger partial charge < -0.3 is 18.9 Å². The van der Waals surface area contributed by atoms with E-state index in [2.05, 4.69) is 10.1 Å². The second-order valence-corrected chi connectivity index (χ2v) is 6.13. The number of rotatable bonds is 6. The van der Waals surface area contributed by atoms with Crippen molar-refractivity contribution in [2.24, 2.45) is 0 Å². The molecule has 1 fully saturated rings. The zero-order valence-electron chi connectivity index (χ0n) is 14.6. The van der Waals surface area contributed by atoms with Crippen molar-refractivity contribution in [1.82, 2.24) is 15.0 Å². The molecule has 1 atom stereocenters. The molecule has 0 aliphatic carbocycles. The van der Waals surface area contributed by atoms with Gasteiger partial charge in [-0.2, -0.15) is 4.98 Å². The Bertz CT molecular complexity index is 716. The van der Waals surface area contributed by atoms with Gasteiger partial charge in [-0.25, -0.2) is 0 Å². The molecule has 134 valence electrons. The summed E-state index contributed by atoms with van der Waals surface area (Å²) in [4.78, 5) is 19.0. The highest BCUT2D eigenvalue weighted by molar-refractivity contribution is 5.94. The number of likely N-dealkylation sites (tertiary alicyclic amines) is 1. The van der Waals surface area contributed by atoms with Gasteiger partial charge in [0, 0.05) is 38.6 Å². The molecule has 1 aliphatic rings. The van der Waals surface area contributed by atoms with Crippen molar-refractivity contribution in [1.29, 1.82) is 0 Å². The molecule has 1 saturated heterocycles. The fourth-order valence-electron chi connectivity index (χ4n) is 3.00. The van der Waals surface area contributed by atoms with Crippen molar-refractivity contribution in [3.05, 3.63) is 41.5 Å². The van der Waals surface area contributed by atoms with Crippen LogP contribution in [0.25, 0.3) is 0 Å². The highest BCUT2D eigenvalue weighted by atomic mass is 16.5. The molecule has 1 amide bonds. The maximum atomic E-state index is 12.8. The van der Waals surface area contributed by atoms with Crippen LogP contribution in [0.2, 0.25) is 0 Å². The van der Waals surface area contributed by atoms with E-state index in [0.29, 0.717) is 42.8 Å². The summed E-state index contributed by atoms with van der Waals surface area (Å²) >= 11 is 0. The van der Waals surface area contributed by atoms with Crippen molar-refractivity contribution in [2.45, 2.75) is 25.7 Å². The monoisotopic (exact) mass is 345 g/mol. The molecule has 1 aromatic carbocycles. The lowest BCUT2D eigenvalue weighted by atomic mass is 9.96. The summed E-state index contributed by atoms with van der Waals surface area (Å²) in [5.74, 6) is 2.04. The summed E-state index contributed by atoms with van der Waals surface area (Å²) in [5.41, 5.74) is 0.625. The molecule has 0 saturated carbocycles. The van der Waals surface area contributed by atoms with Crippen molar-refractivity contribution in [3.63, 3.8) is 0 Å². The molecule has 7 heteroatoms. The molecule has 3 rings (SSSR count). The summed E-state index contributed by atoms with van der Waals surface area (Å²) in [5, 5.41) is 4.01. The molecule has 0 radical (unpaired) electrons. The standard InChI is InChI=1S/C18H23N3O4/c1-13-19-17(20-25-13)15-6-4-8-21(12-15)18(22)14-5-3-7-16(11-14)24-10-9-23-2/h3,5,7,11,15H,4,6,8-10,12H2,1-2H3. The van der Waals surface area contributed by atoms with Crippen LogP contribution >= 0.6 is 0 Å². The molecule has 0 bridgehead atoms. The Morgan fingerprint density at radius 1 is 1.40 bits per heavy atom. The summed E-state index contributed by atoms with van der Waals surface area (Å²) in [6, 6.07) is 7.26. The molecule has 1 unspecified atom stereocenters. The van der Waals surface area contributed by atoms with E-state index >= 15 is 0 Å². The summed E-state index contributed by atoms with van der Waals surface area (Å²) < 4.78 is 15.6. The second kappa shape index (κ2) is 8.11. The minimum atomic E-state index is 0.00195. The Balaban J connectivity index is 1.66. The highest BCUT2D eigenvalue weighted by Gasteiger charge is 2.28. The van der Waals surface area contributed by atoms with Crippen LogP contribution in [-0.4, -0.2) is 54.4 Å². The number of piperidine rings is 1. The molecule has 7 nitrogen and oxygen atoms in total. The maximum absolute atomic E-state index is 12.8. The third kappa shape index (κ3) is 4.36. The minimum Gasteiger partial charge on any atom is -0.491 e. The number of aromatic nitrogens is 2. The lowest BCUT2D eigenvalue weighted by Crippen LogP contribution is -2.39. The number of methoxy groups -OCH3 is 1. The van der Waals surface area contributed by atoms with Gasteiger partial charge in [-0.05, 0) is 31.0 Å². The summed E-state index contributed by atoms with van der Waals surface area (Å²) in [7, 11) is 1.63. The number of benzene rings is 1. The Hall–Kier alpha value is -2.41. The molecular formula is C18H23N3O4. The smallest absolute Gasteiger partial charge is 0.254 e. The SMILES string of the molecule is COCCOc1cccc(C(=O)N2CCCC(c3noc(C)n3)C2)c1. The normalized spacial score (nSPS) is 17.5. The van der Waals surface area contributed by atoms with Crippen LogP contribution < -0.4 is 4.74 Å². The lowest BCUT2D eigenvalue weighted by molar-refractivity contribution is 0.0703. The molecule has 0 N–H and O–H groups in total. The average molecular weight is 345 g/mol. The first-order chi connectivity index (χ1) is 12.2. The van der Waals surface area contributed by atoms with Crippen LogP contribution in [0.15, 0.2) is 28.8 Å². The maximum Gasteiger partial charge on any atom is 0.254 e. The van der Waals surface area contributed by atoms with Crippen molar-refractivity contribution in [2.75, 3.05) is 33.4 Å². The fraction of sp³-hybridized carbons (Fsp3) is 0.500. The number of ether oxygens (including phenoxy) is 2. The van der Waals surface area contributed by atoms with E-state index in [1.165, 1.54) is 0 Å². The Labute approximate surface area is 146 Å². The predicted octanol–water partition coefficient (Wildman–Crippen LogP) is 2.42. The Morgan fingerprint density at radius 3 is 3.04 bits per heavy atom. The molecule has 1 aromatic heterocycles. The van der Waals surface area contributed by atoms with E-state index in [1.807, 2.05) is 23.1 Å². The third-order valence-electron chi connectivity index (χ3n) is 4.25. The minimum absolute atomic E-state index is 0.00195. The topological polar surface area (TPSA) is 77.7 Å². The van der Waals surface area contributed by atoms with E-state index < -0.39 is 0 Å². The van der Waals surface area contributed by atoms with Crippen LogP contribution in [0.5, 0.6) is 5.75 Å². The van der Waals surface area contributed by atoms with E-state index in [9.17, 15) is 4.79 Å². The molecule has 0 spiro atoms. The van der Waals surface area contributed by atoms with Crippen molar-refractivity contribution >= 4 is 5.91 Å². The highest BCUT2D eigenvalue weighted by Crippen LogP contribution is 2.26. The fourth-order valence-corrected chi connectivity index (χ4v) is 3.00. The molecule has 2 heterocycles. The third-order valence-corrected chi connectivity index (χ3v) is 4.25. The molecule has 1 aliphatic heterocycles. The van der Waals surface area contributed by atoms with Gasteiger partial charge in [-0.1, -0.05) is 11.2 Å². The number of hydrogen-bond donors (Lipinski definition) is 0. The first kappa shape index (κ1) is 17.4. The van der Waals surface area contributed by atoms with E-state index in [0.717, 1.165) is 19.4 Å². The van der Waals surface area contributed by atoms with E-state index in [-0.39, 0.29) is 11.8 Å². The van der Waals surface area contributed by atoms with Gasteiger partial charge in [-0.15, -0.1) is 0 Å². The van der Waals surface area contributed by atoms with Gasteiger partial charge >= 0.3 is 0 Å². The second-order valence-electron chi connectivity index (χ2n) is 6.13. The largest absolute Gasteiger partial charge is 0.491 e. The number of carbonyl (C=O) groups is 1. The zero-order chi connectivity index (χ0) is 17.6. The lowest BCUT2D eigenvalue weighted by Gasteiger charge is -2.31. The van der Waals surface area contributed by atoms with Crippen molar-refractivity contribution < 1.29 is 18.8 Å². The van der Waals surface area contributed by atoms with Crippen LogP contribution in [0.3, 0.4) is 0 Å². The zero-order valence-corrected chi connectivity index (χ0v) is 14.6. The van der Waals surface area contributed by atoms with Crippen LogP contribution in [0, 0.1) is 6.92 Å². The van der Waals surface area contributed by atoms with Gasteiger partial charge in [-0.3, -0.25) is 4.79 Å². The van der Waals surface area contributed by atoms with Crippen molar-refractivity contribution in [3.8, 4) is 5.75 Å². The van der Waals surface area contributed by atoms with Crippen LogP contribution in [0.1, 0.15) is 40.8 Å². The van der Waals surface area contributed by atoms with Gasteiger partial charge in [0.25, 0.3) is 5.91 Å².